The lowest BCUT2D eigenvalue weighted by molar-refractivity contribution is 0.0487. The highest BCUT2D eigenvalue weighted by Crippen LogP contribution is 2.35. The molecule has 1 aromatic heterocycles. The van der Waals surface area contributed by atoms with E-state index in [1.54, 1.807) is 45.0 Å². The molecule has 1 fully saturated rings. The zero-order chi connectivity index (χ0) is 23.8. The maximum absolute atomic E-state index is 14.9. The van der Waals surface area contributed by atoms with Crippen molar-refractivity contribution >= 4 is 32.7 Å². The van der Waals surface area contributed by atoms with Gasteiger partial charge in [-0.1, -0.05) is 18.2 Å². The van der Waals surface area contributed by atoms with Gasteiger partial charge in [-0.2, -0.15) is 0 Å². The number of benzene rings is 2. The predicted octanol–water partition coefficient (Wildman–Crippen LogP) is 4.94. The van der Waals surface area contributed by atoms with Crippen molar-refractivity contribution in [3.05, 3.63) is 60.5 Å². The Morgan fingerprint density at radius 1 is 1.12 bits per heavy atom. The lowest BCUT2D eigenvalue weighted by atomic mass is 10.1. The zero-order valence-corrected chi connectivity index (χ0v) is 19.6. The minimum Gasteiger partial charge on any atom is -0.443 e. The van der Waals surface area contributed by atoms with Gasteiger partial charge in [-0.05, 0) is 63.9 Å². The number of amides is 1. The third-order valence-electron chi connectivity index (χ3n) is 5.42. The molecule has 1 aliphatic rings. The largest absolute Gasteiger partial charge is 0.443 e. The second-order valence-corrected chi connectivity index (χ2v) is 10.8. The van der Waals surface area contributed by atoms with Crippen molar-refractivity contribution in [2.24, 2.45) is 0 Å². The molecule has 2 heterocycles. The first kappa shape index (κ1) is 23.3. The number of hydrogen-bond donors (Lipinski definition) is 0. The fourth-order valence-corrected chi connectivity index (χ4v) is 5.34. The van der Waals surface area contributed by atoms with Crippen LogP contribution < -0.4 is 4.90 Å². The third kappa shape index (κ3) is 4.74. The molecule has 1 amide bonds. The van der Waals surface area contributed by atoms with Gasteiger partial charge in [0.25, 0.3) is 10.0 Å². The van der Waals surface area contributed by atoms with Gasteiger partial charge in [0.2, 0.25) is 0 Å². The highest BCUT2D eigenvalue weighted by Gasteiger charge is 2.33. The number of aromatic nitrogens is 1. The molecule has 0 bridgehead atoms. The Morgan fingerprint density at radius 2 is 1.79 bits per heavy atom. The summed E-state index contributed by atoms with van der Waals surface area (Å²) in [6.45, 7) is 6.21. The lowest BCUT2D eigenvalue weighted by Gasteiger charge is -2.36. The first-order chi connectivity index (χ1) is 15.6. The molecule has 2 aromatic carbocycles. The fourth-order valence-electron chi connectivity index (χ4n) is 3.98. The topological polar surface area (TPSA) is 77.8 Å². The van der Waals surface area contributed by atoms with Gasteiger partial charge < -0.3 is 9.47 Å². The summed E-state index contributed by atoms with van der Waals surface area (Å²) in [6, 6.07) is 11.7. The highest BCUT2D eigenvalue weighted by atomic mass is 32.2. The van der Waals surface area contributed by atoms with E-state index >= 15 is 0 Å². The molecular weight excluding hydrogens is 447 g/mol. The molecule has 7 nitrogen and oxygen atoms in total. The summed E-state index contributed by atoms with van der Waals surface area (Å²) in [5, 5.41) is 0.438. The smallest absolute Gasteiger partial charge is 0.415 e. The number of ether oxygens (including phenoxy) is 2. The Bertz CT molecular complexity index is 1260. The average molecular weight is 475 g/mol. The summed E-state index contributed by atoms with van der Waals surface area (Å²) < 4.78 is 53.5. The lowest BCUT2D eigenvalue weighted by Crippen LogP contribution is -2.46. The van der Waals surface area contributed by atoms with Crippen molar-refractivity contribution in [3.63, 3.8) is 0 Å². The molecule has 4 rings (SSSR count). The SMILES string of the molecule is CC(C)(C)OC(=O)N(c1cc(F)cc2c1ccn2S(=O)(=O)c1ccccc1)C1CCOCC1. The van der Waals surface area contributed by atoms with Crippen molar-refractivity contribution in [1.29, 1.82) is 0 Å². The van der Waals surface area contributed by atoms with Crippen LogP contribution in [0, 0.1) is 5.82 Å². The van der Waals surface area contributed by atoms with E-state index in [0.717, 1.165) is 10.0 Å². The molecular formula is C24H27FN2O5S. The summed E-state index contributed by atoms with van der Waals surface area (Å²) in [5.74, 6) is -0.652. The number of nitrogens with zero attached hydrogens (tertiary/aromatic N) is 2. The van der Waals surface area contributed by atoms with E-state index < -0.39 is 27.5 Å². The summed E-state index contributed by atoms with van der Waals surface area (Å²) in [6.07, 6.45) is 1.88. The average Bonchev–Trinajstić information content (AvgIpc) is 3.18. The van der Waals surface area contributed by atoms with Gasteiger partial charge >= 0.3 is 6.09 Å². The minimum atomic E-state index is -3.96. The van der Waals surface area contributed by atoms with Crippen molar-refractivity contribution in [2.75, 3.05) is 18.1 Å². The van der Waals surface area contributed by atoms with Crippen LogP contribution in [0.4, 0.5) is 14.9 Å². The molecule has 0 aliphatic carbocycles. The molecule has 0 unspecified atom stereocenters. The molecule has 0 atom stereocenters. The monoisotopic (exact) mass is 474 g/mol. The minimum absolute atomic E-state index is 0.0849. The molecule has 1 saturated heterocycles. The van der Waals surface area contributed by atoms with E-state index in [0.29, 0.717) is 31.4 Å². The van der Waals surface area contributed by atoms with Crippen LogP contribution in [0.2, 0.25) is 0 Å². The van der Waals surface area contributed by atoms with Crippen LogP contribution in [0.15, 0.2) is 59.6 Å². The Balaban J connectivity index is 1.87. The Labute approximate surface area is 192 Å². The van der Waals surface area contributed by atoms with Gasteiger partial charge in [-0.15, -0.1) is 0 Å². The van der Waals surface area contributed by atoms with Crippen LogP contribution >= 0.6 is 0 Å². The number of carbonyl (C=O) groups is 1. The number of hydrogen-bond acceptors (Lipinski definition) is 5. The van der Waals surface area contributed by atoms with Gasteiger partial charge in [-0.25, -0.2) is 21.6 Å². The Morgan fingerprint density at radius 3 is 2.42 bits per heavy atom. The van der Waals surface area contributed by atoms with Crippen molar-refractivity contribution in [2.45, 2.75) is 50.2 Å². The van der Waals surface area contributed by atoms with E-state index in [-0.39, 0.29) is 22.1 Å². The first-order valence-corrected chi connectivity index (χ1v) is 12.2. The quantitative estimate of drug-likeness (QED) is 0.535. The van der Waals surface area contributed by atoms with Gasteiger partial charge in [-0.3, -0.25) is 4.90 Å². The predicted molar refractivity (Wildman–Crippen MR) is 123 cm³/mol. The van der Waals surface area contributed by atoms with Gasteiger partial charge in [0.1, 0.15) is 11.4 Å². The number of halogens is 1. The summed E-state index contributed by atoms with van der Waals surface area (Å²) >= 11 is 0. The van der Waals surface area contributed by atoms with Crippen LogP contribution in [0.5, 0.6) is 0 Å². The van der Waals surface area contributed by atoms with Crippen molar-refractivity contribution in [3.8, 4) is 0 Å². The third-order valence-corrected chi connectivity index (χ3v) is 7.13. The second-order valence-electron chi connectivity index (χ2n) is 8.98. The molecule has 33 heavy (non-hydrogen) atoms. The Kier molecular flexibility index (Phi) is 6.20. The maximum Gasteiger partial charge on any atom is 0.415 e. The fraction of sp³-hybridized carbons (Fsp3) is 0.375. The normalized spacial score (nSPS) is 15.5. The van der Waals surface area contributed by atoms with Crippen LogP contribution in [-0.4, -0.2) is 43.3 Å². The van der Waals surface area contributed by atoms with E-state index in [1.807, 2.05) is 0 Å². The number of anilines is 1. The number of fused-ring (bicyclic) bond motifs is 1. The number of rotatable bonds is 4. The molecule has 9 heteroatoms. The highest BCUT2D eigenvalue weighted by molar-refractivity contribution is 7.90. The maximum atomic E-state index is 14.9. The van der Waals surface area contributed by atoms with E-state index in [9.17, 15) is 17.6 Å². The van der Waals surface area contributed by atoms with Crippen molar-refractivity contribution in [1.82, 2.24) is 3.97 Å². The summed E-state index contributed by atoms with van der Waals surface area (Å²) in [4.78, 5) is 14.8. The zero-order valence-electron chi connectivity index (χ0n) is 18.8. The standard InChI is InChI=1S/C24H27FN2O5S/c1-24(2,3)32-23(28)27(18-10-13-31-14-11-18)22-16-17(25)15-21-20(22)9-12-26(21)33(29,30)19-7-5-4-6-8-19/h4-9,12,15-16,18H,10-11,13-14H2,1-3H3. The van der Waals surface area contributed by atoms with Crippen molar-refractivity contribution < 1.29 is 27.1 Å². The molecule has 0 saturated carbocycles. The molecule has 0 radical (unpaired) electrons. The summed E-state index contributed by atoms with van der Waals surface area (Å²) in [7, 11) is -3.96. The van der Waals surface area contributed by atoms with Crippen LogP contribution in [-0.2, 0) is 19.5 Å². The number of carbonyl (C=O) groups excluding carboxylic acids is 1. The summed E-state index contributed by atoms with van der Waals surface area (Å²) in [5.41, 5.74) is -0.335. The molecule has 0 spiro atoms. The van der Waals surface area contributed by atoms with Crippen LogP contribution in [0.3, 0.4) is 0 Å². The van der Waals surface area contributed by atoms with Crippen LogP contribution in [0.25, 0.3) is 10.9 Å². The van der Waals surface area contributed by atoms with Gasteiger partial charge in [0.05, 0.1) is 16.1 Å². The van der Waals surface area contributed by atoms with Crippen LogP contribution in [0.1, 0.15) is 33.6 Å². The van der Waals surface area contributed by atoms with E-state index in [1.165, 1.54) is 29.3 Å². The van der Waals surface area contributed by atoms with Gasteiger partial charge in [0.15, 0.2) is 0 Å². The molecule has 3 aromatic rings. The van der Waals surface area contributed by atoms with Gasteiger partial charge in [0, 0.05) is 30.8 Å². The van der Waals surface area contributed by atoms with E-state index in [2.05, 4.69) is 0 Å². The first-order valence-electron chi connectivity index (χ1n) is 10.8. The molecule has 176 valence electrons. The van der Waals surface area contributed by atoms with E-state index in [4.69, 9.17) is 9.47 Å². The Hall–Kier alpha value is -2.91. The molecule has 1 aliphatic heterocycles. The molecule has 0 N–H and O–H groups in total. The second kappa shape index (κ2) is 8.79.